The molecule has 0 aliphatic heterocycles. The van der Waals surface area contributed by atoms with Crippen molar-refractivity contribution in [2.75, 3.05) is 9.80 Å². The average molecular weight is 585 g/mol. The van der Waals surface area contributed by atoms with Crippen LogP contribution < -0.4 is 9.80 Å². The van der Waals surface area contributed by atoms with E-state index >= 15 is 0 Å². The molecule has 222 valence electrons. The van der Waals surface area contributed by atoms with E-state index < -0.39 is 0 Å². The van der Waals surface area contributed by atoms with E-state index in [0.717, 1.165) is 44.9 Å². The first-order valence-corrected chi connectivity index (χ1v) is 15.6. The minimum atomic E-state index is 0.899. The number of hydrogen-bond acceptors (Lipinski definition) is 2. The Morgan fingerprint density at radius 3 is 1.40 bits per heavy atom. The predicted molar refractivity (Wildman–Crippen MR) is 197 cm³/mol. The number of nitrogens with zero attached hydrogens (tertiary/aromatic N) is 2. The third kappa shape index (κ3) is 6.05. The van der Waals surface area contributed by atoms with Crippen LogP contribution in [0.4, 0.5) is 28.4 Å². The Kier molecular flexibility index (Phi) is 8.40. The molecule has 6 rings (SSSR count). The highest BCUT2D eigenvalue weighted by Crippen LogP contribution is 2.50. The zero-order chi connectivity index (χ0) is 31.5. The SMILES string of the molecule is C=C(/C=C\C=C(C)C)N(c1cccc(C)c1)c1c2ccccc2c(N(c2cccc(C)c2)c2cccc(C)c2)c2ccccc12. The summed E-state index contributed by atoms with van der Waals surface area (Å²) in [5, 5.41) is 4.67. The summed E-state index contributed by atoms with van der Waals surface area (Å²) < 4.78 is 0. The minimum absolute atomic E-state index is 0.899. The Bertz CT molecular complexity index is 1990. The zero-order valence-corrected chi connectivity index (χ0v) is 26.9. The van der Waals surface area contributed by atoms with Crippen LogP contribution in [0.5, 0.6) is 0 Å². The van der Waals surface area contributed by atoms with Gasteiger partial charge in [0.15, 0.2) is 0 Å². The van der Waals surface area contributed by atoms with Gasteiger partial charge in [-0.3, -0.25) is 0 Å². The number of rotatable bonds is 8. The highest BCUT2D eigenvalue weighted by Gasteiger charge is 2.25. The van der Waals surface area contributed by atoms with Crippen LogP contribution in [0.25, 0.3) is 21.5 Å². The second kappa shape index (κ2) is 12.7. The number of benzene rings is 6. The minimum Gasteiger partial charge on any atom is -0.310 e. The van der Waals surface area contributed by atoms with Crippen molar-refractivity contribution in [1.82, 2.24) is 0 Å². The summed E-state index contributed by atoms with van der Waals surface area (Å²) in [5.41, 5.74) is 11.4. The van der Waals surface area contributed by atoms with Crippen LogP contribution >= 0.6 is 0 Å². The van der Waals surface area contributed by atoms with Gasteiger partial charge in [0, 0.05) is 44.3 Å². The van der Waals surface area contributed by atoms with Gasteiger partial charge in [-0.25, -0.2) is 0 Å². The number of fused-ring (bicyclic) bond motifs is 2. The Labute approximate surface area is 267 Å². The molecule has 0 aliphatic rings. The summed E-state index contributed by atoms with van der Waals surface area (Å²) in [7, 11) is 0. The topological polar surface area (TPSA) is 6.48 Å². The molecular weight excluding hydrogens is 544 g/mol. The van der Waals surface area contributed by atoms with Crippen molar-refractivity contribution in [3.05, 3.63) is 174 Å². The van der Waals surface area contributed by atoms with Gasteiger partial charge >= 0.3 is 0 Å². The van der Waals surface area contributed by atoms with Crippen LogP contribution in [0.2, 0.25) is 0 Å². The summed E-state index contributed by atoms with van der Waals surface area (Å²) in [6, 6.07) is 43.9. The summed E-state index contributed by atoms with van der Waals surface area (Å²) in [6.07, 6.45) is 6.33. The molecule has 0 heterocycles. The molecule has 0 aliphatic carbocycles. The first kappa shape index (κ1) is 29.7. The van der Waals surface area contributed by atoms with Crippen molar-refractivity contribution in [1.29, 1.82) is 0 Å². The lowest BCUT2D eigenvalue weighted by atomic mass is 9.95. The summed E-state index contributed by atoms with van der Waals surface area (Å²) in [5.74, 6) is 0. The van der Waals surface area contributed by atoms with Crippen LogP contribution in [0.1, 0.15) is 30.5 Å². The van der Waals surface area contributed by atoms with Gasteiger partial charge in [-0.05, 0) is 93.8 Å². The first-order chi connectivity index (χ1) is 21.8. The molecule has 0 saturated heterocycles. The molecule has 0 bridgehead atoms. The molecule has 0 atom stereocenters. The van der Waals surface area contributed by atoms with Crippen molar-refractivity contribution in [3.63, 3.8) is 0 Å². The maximum Gasteiger partial charge on any atom is 0.0619 e. The molecule has 2 heteroatoms. The van der Waals surface area contributed by atoms with E-state index in [1.807, 2.05) is 0 Å². The molecular formula is C43H40N2. The van der Waals surface area contributed by atoms with Gasteiger partial charge in [0.05, 0.1) is 11.4 Å². The molecule has 0 saturated carbocycles. The van der Waals surface area contributed by atoms with E-state index in [1.165, 1.54) is 33.0 Å². The van der Waals surface area contributed by atoms with Crippen molar-refractivity contribution < 1.29 is 0 Å². The van der Waals surface area contributed by atoms with Gasteiger partial charge in [0.2, 0.25) is 0 Å². The molecule has 0 unspecified atom stereocenters. The molecule has 6 aromatic rings. The van der Waals surface area contributed by atoms with E-state index in [9.17, 15) is 0 Å². The third-order valence-electron chi connectivity index (χ3n) is 8.11. The van der Waals surface area contributed by atoms with E-state index in [-0.39, 0.29) is 0 Å². The fraction of sp³-hybridized carbons (Fsp3) is 0.116. The Hall–Kier alpha value is -5.34. The fourth-order valence-electron chi connectivity index (χ4n) is 6.14. The van der Waals surface area contributed by atoms with Gasteiger partial charge in [-0.1, -0.05) is 109 Å². The maximum atomic E-state index is 4.62. The first-order valence-electron chi connectivity index (χ1n) is 15.6. The van der Waals surface area contributed by atoms with Crippen molar-refractivity contribution in [2.45, 2.75) is 34.6 Å². The van der Waals surface area contributed by atoms with E-state index in [1.54, 1.807) is 0 Å². The number of allylic oxidation sites excluding steroid dienone is 4. The average Bonchev–Trinajstić information content (AvgIpc) is 3.02. The monoisotopic (exact) mass is 584 g/mol. The lowest BCUT2D eigenvalue weighted by molar-refractivity contribution is 1.23. The van der Waals surface area contributed by atoms with Gasteiger partial charge in [-0.2, -0.15) is 0 Å². The van der Waals surface area contributed by atoms with Crippen molar-refractivity contribution in [2.24, 2.45) is 0 Å². The predicted octanol–water partition coefficient (Wildman–Crippen LogP) is 12.6. The van der Waals surface area contributed by atoms with Crippen LogP contribution in [0, 0.1) is 20.8 Å². The number of hydrogen-bond donors (Lipinski definition) is 0. The van der Waals surface area contributed by atoms with E-state index in [0.29, 0.717) is 0 Å². The van der Waals surface area contributed by atoms with E-state index in [2.05, 4.69) is 191 Å². The molecule has 45 heavy (non-hydrogen) atoms. The van der Waals surface area contributed by atoms with Crippen LogP contribution in [-0.4, -0.2) is 0 Å². The Balaban J connectivity index is 1.73. The lowest BCUT2D eigenvalue weighted by Crippen LogP contribution is -2.17. The van der Waals surface area contributed by atoms with Crippen molar-refractivity contribution >= 4 is 50.0 Å². The number of anilines is 5. The normalized spacial score (nSPS) is 11.2. The third-order valence-corrected chi connectivity index (χ3v) is 8.11. The smallest absolute Gasteiger partial charge is 0.0619 e. The molecule has 0 radical (unpaired) electrons. The van der Waals surface area contributed by atoms with Gasteiger partial charge in [0.1, 0.15) is 0 Å². The van der Waals surface area contributed by atoms with Crippen LogP contribution in [0.15, 0.2) is 157 Å². The van der Waals surface area contributed by atoms with E-state index in [4.69, 9.17) is 0 Å². The Morgan fingerprint density at radius 1 is 0.533 bits per heavy atom. The van der Waals surface area contributed by atoms with Gasteiger partial charge < -0.3 is 9.80 Å². The lowest BCUT2D eigenvalue weighted by Gasteiger charge is -2.33. The summed E-state index contributed by atoms with van der Waals surface area (Å²) >= 11 is 0. The highest BCUT2D eigenvalue weighted by atomic mass is 15.2. The summed E-state index contributed by atoms with van der Waals surface area (Å²) in [4.78, 5) is 4.75. The molecule has 6 aromatic carbocycles. The number of aryl methyl sites for hydroxylation is 3. The Morgan fingerprint density at radius 2 is 0.956 bits per heavy atom. The van der Waals surface area contributed by atoms with Crippen LogP contribution in [-0.2, 0) is 0 Å². The molecule has 0 N–H and O–H groups in total. The maximum absolute atomic E-state index is 4.62. The second-order valence-corrected chi connectivity index (χ2v) is 12.1. The van der Waals surface area contributed by atoms with Crippen LogP contribution in [0.3, 0.4) is 0 Å². The summed E-state index contributed by atoms with van der Waals surface area (Å²) in [6.45, 7) is 15.3. The standard InChI is InChI=1S/C43H40N2/c1-30(2)15-11-19-34(6)44(35-20-12-16-31(3)27-35)42-38-23-7-9-25-40(38)43(41-26-10-8-24-39(41)42)45(36-21-13-17-32(4)28-36)37-22-14-18-33(5)29-37/h7-29H,6H2,1-5H3/b19-11-. The zero-order valence-electron chi connectivity index (χ0n) is 26.9. The molecule has 2 nitrogen and oxygen atoms in total. The fourth-order valence-corrected chi connectivity index (χ4v) is 6.14. The van der Waals surface area contributed by atoms with Crippen molar-refractivity contribution in [3.8, 4) is 0 Å². The van der Waals surface area contributed by atoms with Gasteiger partial charge in [-0.15, -0.1) is 0 Å². The molecule has 0 spiro atoms. The largest absolute Gasteiger partial charge is 0.310 e. The second-order valence-electron chi connectivity index (χ2n) is 12.1. The molecule has 0 aromatic heterocycles. The molecule has 0 fully saturated rings. The quantitative estimate of drug-likeness (QED) is 0.0997. The van der Waals surface area contributed by atoms with Gasteiger partial charge in [0.25, 0.3) is 0 Å². The molecule has 0 amide bonds. The highest BCUT2D eigenvalue weighted by molar-refractivity contribution is 6.22.